The van der Waals surface area contributed by atoms with Crippen LogP contribution in [-0.2, 0) is 4.79 Å². The zero-order valence-electron chi connectivity index (χ0n) is 9.04. The smallest absolute Gasteiger partial charge is 0.238 e. The number of rotatable bonds is 4. The van der Waals surface area contributed by atoms with Gasteiger partial charge in [-0.1, -0.05) is 0 Å². The first-order valence-electron chi connectivity index (χ1n) is 5.40. The summed E-state index contributed by atoms with van der Waals surface area (Å²) in [5.41, 5.74) is 0. The molecule has 1 atom stereocenters. The van der Waals surface area contributed by atoms with Gasteiger partial charge in [0.1, 0.15) is 0 Å². The molecule has 5 heteroatoms. The Kier molecular flexibility index (Phi) is 3.85. The van der Waals surface area contributed by atoms with Crippen molar-refractivity contribution in [1.29, 1.82) is 0 Å². The van der Waals surface area contributed by atoms with Gasteiger partial charge in [-0.25, -0.2) is 0 Å². The van der Waals surface area contributed by atoms with Crippen molar-refractivity contribution in [2.75, 3.05) is 30.9 Å². The molecule has 1 aliphatic carbocycles. The van der Waals surface area contributed by atoms with Crippen molar-refractivity contribution < 1.29 is 4.79 Å². The average Bonchev–Trinajstić information content (AvgIpc) is 3.08. The lowest BCUT2D eigenvalue weighted by molar-refractivity contribution is -0.122. The Morgan fingerprint density at radius 1 is 1.67 bits per heavy atom. The highest BCUT2D eigenvalue weighted by Crippen LogP contribution is 2.46. The van der Waals surface area contributed by atoms with Gasteiger partial charge >= 0.3 is 0 Å². The fraction of sp³-hybridized carbons (Fsp3) is 0.900. The molecule has 0 spiro atoms. The molecule has 15 heavy (non-hydrogen) atoms. The van der Waals surface area contributed by atoms with Crippen LogP contribution in [0.25, 0.3) is 0 Å². The van der Waals surface area contributed by atoms with E-state index in [1.165, 1.54) is 12.8 Å². The molecule has 2 aliphatic rings. The van der Waals surface area contributed by atoms with E-state index in [0.29, 0.717) is 4.75 Å². The maximum Gasteiger partial charge on any atom is 0.238 e. The van der Waals surface area contributed by atoms with Crippen molar-refractivity contribution in [2.24, 2.45) is 0 Å². The average molecular weight is 246 g/mol. The first-order chi connectivity index (χ1) is 7.26. The van der Waals surface area contributed by atoms with E-state index in [0.717, 1.165) is 24.6 Å². The molecule has 2 N–H and O–H groups in total. The molecule has 2 rings (SSSR count). The van der Waals surface area contributed by atoms with Gasteiger partial charge in [0, 0.05) is 29.3 Å². The van der Waals surface area contributed by atoms with Gasteiger partial charge in [-0.3, -0.25) is 4.79 Å². The second-order valence-corrected chi connectivity index (χ2v) is 6.61. The highest BCUT2D eigenvalue weighted by atomic mass is 32.2. The van der Waals surface area contributed by atoms with Gasteiger partial charge in [0.25, 0.3) is 0 Å². The highest BCUT2D eigenvalue weighted by molar-refractivity contribution is 8.00. The number of amides is 1. The van der Waals surface area contributed by atoms with Crippen LogP contribution in [0.1, 0.15) is 12.8 Å². The minimum atomic E-state index is 0.0291. The van der Waals surface area contributed by atoms with E-state index in [1.807, 2.05) is 23.5 Å². The lowest BCUT2D eigenvalue weighted by atomic mass is 10.3. The molecule has 1 aliphatic heterocycles. The van der Waals surface area contributed by atoms with E-state index in [4.69, 9.17) is 0 Å². The van der Waals surface area contributed by atoms with Crippen molar-refractivity contribution in [2.45, 2.75) is 23.6 Å². The fourth-order valence-electron chi connectivity index (χ4n) is 1.70. The van der Waals surface area contributed by atoms with Gasteiger partial charge in [-0.2, -0.15) is 23.5 Å². The van der Waals surface area contributed by atoms with E-state index in [9.17, 15) is 4.79 Å². The van der Waals surface area contributed by atoms with Crippen LogP contribution in [0.2, 0.25) is 0 Å². The van der Waals surface area contributed by atoms with Crippen LogP contribution < -0.4 is 10.6 Å². The molecule has 1 saturated heterocycles. The molecule has 0 aromatic heterocycles. The van der Waals surface area contributed by atoms with E-state index in [2.05, 4.69) is 16.9 Å². The quantitative estimate of drug-likeness (QED) is 0.766. The minimum absolute atomic E-state index is 0.0291. The largest absolute Gasteiger partial charge is 0.353 e. The standard InChI is InChI=1S/C10H18N2OS2/c1-14-10(2-3-10)7-12-9(13)8-6-15-5-4-11-8/h8,11H,2-7H2,1H3,(H,12,13). The Bertz CT molecular complexity index is 238. The summed E-state index contributed by atoms with van der Waals surface area (Å²) in [5.74, 6) is 2.22. The summed E-state index contributed by atoms with van der Waals surface area (Å²) in [6.07, 6.45) is 4.64. The molecule has 1 unspecified atom stereocenters. The lowest BCUT2D eigenvalue weighted by Gasteiger charge is -2.23. The highest BCUT2D eigenvalue weighted by Gasteiger charge is 2.42. The zero-order valence-corrected chi connectivity index (χ0v) is 10.7. The van der Waals surface area contributed by atoms with Crippen LogP contribution in [0.15, 0.2) is 0 Å². The Labute approximate surface area is 99.5 Å². The first-order valence-corrected chi connectivity index (χ1v) is 7.78. The van der Waals surface area contributed by atoms with E-state index in [-0.39, 0.29) is 11.9 Å². The second kappa shape index (κ2) is 4.97. The number of hydrogen-bond acceptors (Lipinski definition) is 4. The predicted octanol–water partition coefficient (Wildman–Crippen LogP) is 0.703. The molecule has 2 fully saturated rings. The minimum Gasteiger partial charge on any atom is -0.353 e. The van der Waals surface area contributed by atoms with Gasteiger partial charge in [-0.05, 0) is 19.1 Å². The van der Waals surface area contributed by atoms with E-state index < -0.39 is 0 Å². The van der Waals surface area contributed by atoms with Crippen molar-refractivity contribution in [3.05, 3.63) is 0 Å². The first kappa shape index (κ1) is 11.6. The van der Waals surface area contributed by atoms with Crippen molar-refractivity contribution >= 4 is 29.4 Å². The molecule has 0 radical (unpaired) electrons. The van der Waals surface area contributed by atoms with E-state index >= 15 is 0 Å². The number of thioether (sulfide) groups is 2. The van der Waals surface area contributed by atoms with Gasteiger partial charge < -0.3 is 10.6 Å². The molecular formula is C10H18N2OS2. The van der Waals surface area contributed by atoms with Gasteiger partial charge in [-0.15, -0.1) is 0 Å². The number of hydrogen-bond donors (Lipinski definition) is 2. The molecule has 1 amide bonds. The summed E-state index contributed by atoms with van der Waals surface area (Å²) in [7, 11) is 0. The normalized spacial score (nSPS) is 28.5. The molecular weight excluding hydrogens is 228 g/mol. The van der Waals surface area contributed by atoms with Crippen LogP contribution in [0, 0.1) is 0 Å². The monoisotopic (exact) mass is 246 g/mol. The molecule has 0 bridgehead atoms. The Morgan fingerprint density at radius 3 is 3.00 bits per heavy atom. The molecule has 86 valence electrons. The third-order valence-corrected chi connectivity index (χ3v) is 5.54. The third kappa shape index (κ3) is 3.04. The Morgan fingerprint density at radius 2 is 2.47 bits per heavy atom. The third-order valence-electron chi connectivity index (χ3n) is 3.06. The van der Waals surface area contributed by atoms with Gasteiger partial charge in [0.2, 0.25) is 5.91 Å². The van der Waals surface area contributed by atoms with Crippen molar-refractivity contribution in [1.82, 2.24) is 10.6 Å². The van der Waals surface area contributed by atoms with Crippen LogP contribution in [0.5, 0.6) is 0 Å². The maximum absolute atomic E-state index is 11.8. The summed E-state index contributed by atoms with van der Waals surface area (Å²) in [4.78, 5) is 11.8. The van der Waals surface area contributed by atoms with Crippen molar-refractivity contribution in [3.63, 3.8) is 0 Å². The molecule has 0 aromatic rings. The summed E-state index contributed by atoms with van der Waals surface area (Å²) in [5, 5.41) is 6.32. The fourth-order valence-corrected chi connectivity index (χ4v) is 3.36. The van der Waals surface area contributed by atoms with E-state index in [1.54, 1.807) is 0 Å². The predicted molar refractivity (Wildman–Crippen MR) is 67.6 cm³/mol. The summed E-state index contributed by atoms with van der Waals surface area (Å²) < 4.78 is 0.372. The molecule has 0 aromatic carbocycles. The summed E-state index contributed by atoms with van der Waals surface area (Å²) >= 11 is 3.74. The van der Waals surface area contributed by atoms with Crippen LogP contribution >= 0.6 is 23.5 Å². The number of carbonyl (C=O) groups is 1. The Balaban J connectivity index is 1.72. The molecule has 1 saturated carbocycles. The zero-order chi connectivity index (χ0) is 10.7. The van der Waals surface area contributed by atoms with Gasteiger partial charge in [0.15, 0.2) is 0 Å². The van der Waals surface area contributed by atoms with Crippen molar-refractivity contribution in [3.8, 4) is 0 Å². The summed E-state index contributed by atoms with van der Waals surface area (Å²) in [6, 6.07) is 0.0291. The molecule has 1 heterocycles. The summed E-state index contributed by atoms with van der Waals surface area (Å²) in [6.45, 7) is 1.80. The van der Waals surface area contributed by atoms with Crippen LogP contribution in [-0.4, -0.2) is 47.5 Å². The van der Waals surface area contributed by atoms with Crippen LogP contribution in [0.4, 0.5) is 0 Å². The Hall–Kier alpha value is 0.130. The maximum atomic E-state index is 11.8. The topological polar surface area (TPSA) is 41.1 Å². The number of nitrogens with one attached hydrogen (secondary N) is 2. The van der Waals surface area contributed by atoms with Gasteiger partial charge in [0.05, 0.1) is 6.04 Å². The van der Waals surface area contributed by atoms with Crippen LogP contribution in [0.3, 0.4) is 0 Å². The number of carbonyl (C=O) groups excluding carboxylic acids is 1. The SMILES string of the molecule is CSC1(CNC(=O)C2CSCCN2)CC1. The lowest BCUT2D eigenvalue weighted by Crippen LogP contribution is -2.50. The second-order valence-electron chi connectivity index (χ2n) is 4.19. The molecule has 3 nitrogen and oxygen atoms in total.